The van der Waals surface area contributed by atoms with E-state index in [1.165, 1.54) is 11.8 Å². The van der Waals surface area contributed by atoms with Crippen molar-refractivity contribution in [1.29, 1.82) is 0 Å². The number of non-ortho nitro benzene ring substituents is 1. The summed E-state index contributed by atoms with van der Waals surface area (Å²) in [5, 5.41) is 21.3. The molecule has 1 heterocycles. The standard InChI is InChI=1S/C14H16F3N3O2S.C2HF3O2/c1-8(2)5-9-7-23-13(18-9)19-12-4-3-10(20(21)22)6-11(12)14(15,16)17;3-2(4,5)1(6)7/h3-4,6,8-9H,5,7H2,1-2H3,(H,18,19);(H,6,7)/t9-;/m0./s1. The molecule has 0 bridgehead atoms. The Morgan fingerprint density at radius 2 is 1.90 bits per heavy atom. The number of aliphatic imine (C=N–C) groups is 1. The van der Waals surface area contributed by atoms with Gasteiger partial charge in [-0.05, 0) is 18.4 Å². The number of carboxylic acid groups (broad SMARTS) is 1. The Labute approximate surface area is 170 Å². The fourth-order valence-corrected chi connectivity index (χ4v) is 3.26. The van der Waals surface area contributed by atoms with Gasteiger partial charge in [0.25, 0.3) is 5.69 Å². The lowest BCUT2D eigenvalue weighted by molar-refractivity contribution is -0.385. The molecule has 0 spiro atoms. The number of hydrogen-bond acceptors (Lipinski definition) is 5. The number of hydrogen-bond donors (Lipinski definition) is 2. The molecule has 1 aromatic carbocycles. The van der Waals surface area contributed by atoms with Crippen molar-refractivity contribution in [3.05, 3.63) is 33.9 Å². The maximum atomic E-state index is 13.1. The van der Waals surface area contributed by atoms with Gasteiger partial charge in [0.1, 0.15) is 0 Å². The van der Waals surface area contributed by atoms with Gasteiger partial charge in [-0.15, -0.1) is 0 Å². The molecule has 0 aromatic heterocycles. The van der Waals surface area contributed by atoms with Gasteiger partial charge in [-0.2, -0.15) is 26.3 Å². The molecule has 1 saturated heterocycles. The molecular formula is C16H17F6N3O4S. The van der Waals surface area contributed by atoms with Crippen LogP contribution >= 0.6 is 11.8 Å². The Morgan fingerprint density at radius 3 is 2.33 bits per heavy atom. The summed E-state index contributed by atoms with van der Waals surface area (Å²) in [7, 11) is 0. The zero-order valence-electron chi connectivity index (χ0n) is 15.5. The fourth-order valence-electron chi connectivity index (χ4n) is 2.27. The SMILES string of the molecule is CC(C)C[C@H]1CS/C(=N\c2ccc([N+](=O)[O-])cc2C(F)(F)F)N1.O=C(O)C(F)(F)F. The van der Waals surface area contributed by atoms with E-state index in [-0.39, 0.29) is 11.7 Å². The lowest BCUT2D eigenvalue weighted by atomic mass is 10.1. The Kier molecular flexibility index (Phi) is 8.51. The van der Waals surface area contributed by atoms with Gasteiger partial charge in [-0.3, -0.25) is 10.1 Å². The Hall–Kier alpha value is -2.51. The van der Waals surface area contributed by atoms with E-state index in [1.807, 2.05) is 0 Å². The van der Waals surface area contributed by atoms with E-state index in [1.54, 1.807) is 0 Å². The molecule has 14 heteroatoms. The number of carbonyl (C=O) groups is 1. The summed E-state index contributed by atoms with van der Waals surface area (Å²) >= 11 is 1.35. The number of halogens is 6. The molecule has 0 unspecified atom stereocenters. The molecule has 1 aliphatic heterocycles. The van der Waals surface area contributed by atoms with Crippen LogP contribution in [0.15, 0.2) is 23.2 Å². The highest BCUT2D eigenvalue weighted by Crippen LogP contribution is 2.39. The van der Waals surface area contributed by atoms with E-state index in [9.17, 15) is 36.5 Å². The van der Waals surface area contributed by atoms with Gasteiger partial charge in [0, 0.05) is 23.9 Å². The van der Waals surface area contributed by atoms with Crippen molar-refractivity contribution < 1.29 is 41.2 Å². The van der Waals surface area contributed by atoms with E-state index in [2.05, 4.69) is 24.2 Å². The molecule has 1 aliphatic rings. The van der Waals surface area contributed by atoms with Crippen LogP contribution in [-0.2, 0) is 11.0 Å². The maximum absolute atomic E-state index is 13.1. The average Bonchev–Trinajstić information content (AvgIpc) is 2.99. The van der Waals surface area contributed by atoms with Crippen molar-refractivity contribution in [1.82, 2.24) is 5.32 Å². The minimum absolute atomic E-state index is 0.172. The van der Waals surface area contributed by atoms with Gasteiger partial charge in [-0.25, -0.2) is 9.79 Å². The normalized spacial score (nSPS) is 18.0. The van der Waals surface area contributed by atoms with Crippen LogP contribution < -0.4 is 5.32 Å². The monoisotopic (exact) mass is 461 g/mol. The predicted octanol–water partition coefficient (Wildman–Crippen LogP) is 4.99. The molecule has 7 nitrogen and oxygen atoms in total. The first-order chi connectivity index (χ1) is 13.6. The number of amidine groups is 1. The summed E-state index contributed by atoms with van der Waals surface area (Å²) in [4.78, 5) is 22.7. The van der Waals surface area contributed by atoms with Crippen molar-refractivity contribution in [2.45, 2.75) is 38.7 Å². The number of benzene rings is 1. The van der Waals surface area contributed by atoms with Crippen molar-refractivity contribution in [2.75, 3.05) is 5.75 Å². The highest BCUT2D eigenvalue weighted by molar-refractivity contribution is 8.14. The largest absolute Gasteiger partial charge is 0.490 e. The first-order valence-electron chi connectivity index (χ1n) is 8.25. The lowest BCUT2D eigenvalue weighted by Gasteiger charge is -2.12. The quantitative estimate of drug-likeness (QED) is 0.372. The Balaban J connectivity index is 0.000000553. The summed E-state index contributed by atoms with van der Waals surface area (Å²) in [5.41, 5.74) is -2.02. The second kappa shape index (κ2) is 10.00. The van der Waals surface area contributed by atoms with E-state index in [0.29, 0.717) is 17.2 Å². The molecule has 1 atom stereocenters. The predicted molar refractivity (Wildman–Crippen MR) is 97.7 cm³/mol. The van der Waals surface area contributed by atoms with E-state index >= 15 is 0 Å². The average molecular weight is 461 g/mol. The van der Waals surface area contributed by atoms with Crippen LogP contribution in [0.2, 0.25) is 0 Å². The van der Waals surface area contributed by atoms with Crippen LogP contribution in [0, 0.1) is 16.0 Å². The number of carboxylic acids is 1. The fraction of sp³-hybridized carbons (Fsp3) is 0.500. The molecule has 0 saturated carbocycles. The van der Waals surface area contributed by atoms with Gasteiger partial charge in [0.15, 0.2) is 5.17 Å². The van der Waals surface area contributed by atoms with E-state index in [4.69, 9.17) is 9.90 Å². The summed E-state index contributed by atoms with van der Waals surface area (Å²) in [5.74, 6) is -1.55. The van der Waals surface area contributed by atoms with Crippen molar-refractivity contribution in [3.8, 4) is 0 Å². The summed E-state index contributed by atoms with van der Waals surface area (Å²) in [6.07, 6.45) is -8.88. The number of nitro benzene ring substituents is 1. The number of nitro groups is 1. The molecule has 1 fully saturated rings. The third-order valence-corrected chi connectivity index (χ3v) is 4.52. The van der Waals surface area contributed by atoms with Crippen LogP contribution in [0.4, 0.5) is 37.7 Å². The van der Waals surface area contributed by atoms with Crippen LogP contribution in [0.3, 0.4) is 0 Å². The number of alkyl halides is 6. The van der Waals surface area contributed by atoms with Crippen LogP contribution in [-0.4, -0.2) is 39.1 Å². The zero-order chi connectivity index (χ0) is 23.3. The molecule has 0 aliphatic carbocycles. The topological polar surface area (TPSA) is 105 Å². The third-order valence-electron chi connectivity index (χ3n) is 3.47. The molecule has 30 heavy (non-hydrogen) atoms. The number of rotatable bonds is 4. The molecule has 0 radical (unpaired) electrons. The van der Waals surface area contributed by atoms with Gasteiger partial charge >= 0.3 is 18.3 Å². The molecule has 2 N–H and O–H groups in total. The summed E-state index contributed by atoms with van der Waals surface area (Å²) in [6.45, 7) is 4.14. The molecule has 2 rings (SSSR count). The number of nitrogens with zero attached hydrogens (tertiary/aromatic N) is 2. The third kappa shape index (κ3) is 8.08. The second-order valence-corrected chi connectivity index (χ2v) is 7.47. The second-order valence-electron chi connectivity index (χ2n) is 6.46. The van der Waals surface area contributed by atoms with Crippen molar-refractivity contribution in [2.24, 2.45) is 10.9 Å². The molecule has 1 aromatic rings. The van der Waals surface area contributed by atoms with Crippen LogP contribution in [0.25, 0.3) is 0 Å². The summed E-state index contributed by atoms with van der Waals surface area (Å²) < 4.78 is 71.0. The molecular weight excluding hydrogens is 444 g/mol. The van der Waals surface area contributed by atoms with E-state index in [0.717, 1.165) is 24.3 Å². The Morgan fingerprint density at radius 1 is 1.33 bits per heavy atom. The molecule has 168 valence electrons. The maximum Gasteiger partial charge on any atom is 0.490 e. The van der Waals surface area contributed by atoms with Crippen molar-refractivity contribution in [3.63, 3.8) is 0 Å². The first-order valence-corrected chi connectivity index (χ1v) is 9.23. The highest BCUT2D eigenvalue weighted by atomic mass is 32.2. The highest BCUT2D eigenvalue weighted by Gasteiger charge is 2.38. The summed E-state index contributed by atoms with van der Waals surface area (Å²) in [6, 6.07) is 2.75. The number of nitrogens with one attached hydrogen (secondary N) is 1. The minimum atomic E-state index is -5.08. The lowest BCUT2D eigenvalue weighted by Crippen LogP contribution is -2.28. The van der Waals surface area contributed by atoms with Crippen molar-refractivity contribution >= 4 is 34.3 Å². The Bertz CT molecular complexity index is 811. The van der Waals surface area contributed by atoms with E-state index < -0.39 is 34.5 Å². The minimum Gasteiger partial charge on any atom is -0.475 e. The van der Waals surface area contributed by atoms with Gasteiger partial charge in [0.05, 0.1) is 16.2 Å². The number of thioether (sulfide) groups is 1. The van der Waals surface area contributed by atoms with Crippen LogP contribution in [0.5, 0.6) is 0 Å². The van der Waals surface area contributed by atoms with Gasteiger partial charge < -0.3 is 10.4 Å². The number of aliphatic carboxylic acids is 1. The molecule has 0 amide bonds. The van der Waals surface area contributed by atoms with Crippen LogP contribution in [0.1, 0.15) is 25.8 Å². The van der Waals surface area contributed by atoms with Gasteiger partial charge in [0.2, 0.25) is 0 Å². The van der Waals surface area contributed by atoms with Gasteiger partial charge in [-0.1, -0.05) is 25.6 Å². The smallest absolute Gasteiger partial charge is 0.475 e. The first kappa shape index (κ1) is 25.5. The zero-order valence-corrected chi connectivity index (χ0v) is 16.4.